The Morgan fingerprint density at radius 1 is 0.864 bits per heavy atom. The number of hydrogen-bond donors (Lipinski definition) is 0. The topological polar surface area (TPSA) is 0 Å². The molecule has 0 aliphatic heterocycles. The van der Waals surface area contributed by atoms with Crippen LogP contribution in [0.3, 0.4) is 0 Å². The minimum atomic E-state index is 0.642. The second kappa shape index (κ2) is 7.13. The average molecular weight is 292 g/mol. The van der Waals surface area contributed by atoms with Gasteiger partial charge in [-0.2, -0.15) is 0 Å². The van der Waals surface area contributed by atoms with Gasteiger partial charge >= 0.3 is 0 Å². The van der Waals surface area contributed by atoms with Gasteiger partial charge in [-0.15, -0.1) is 0 Å². The summed E-state index contributed by atoms with van der Waals surface area (Å²) in [6, 6.07) is 18.3. The van der Waals surface area contributed by atoms with Crippen LogP contribution >= 0.6 is 0 Å². The lowest BCUT2D eigenvalue weighted by atomic mass is 9.83. The van der Waals surface area contributed by atoms with Crippen LogP contribution in [0.15, 0.2) is 48.5 Å². The van der Waals surface area contributed by atoms with Crippen LogP contribution in [0.2, 0.25) is 0 Å². The number of rotatable bonds is 5. The van der Waals surface area contributed by atoms with E-state index in [0.717, 1.165) is 5.92 Å². The first-order chi connectivity index (χ1) is 10.7. The van der Waals surface area contributed by atoms with Crippen LogP contribution in [-0.2, 0) is 19.3 Å². The molecule has 1 aliphatic carbocycles. The molecule has 0 radical (unpaired) electrons. The van der Waals surface area contributed by atoms with Gasteiger partial charge in [-0.1, -0.05) is 62.4 Å². The summed E-state index contributed by atoms with van der Waals surface area (Å²) in [6.07, 6.45) is 7.74. The third-order valence-corrected chi connectivity index (χ3v) is 4.92. The molecule has 1 atom stereocenters. The Bertz CT molecular complexity index is 595. The second-order valence-electron chi connectivity index (χ2n) is 7.25. The molecule has 0 nitrogen and oxygen atoms in total. The fourth-order valence-electron chi connectivity index (χ4n) is 3.83. The van der Waals surface area contributed by atoms with E-state index >= 15 is 0 Å². The van der Waals surface area contributed by atoms with Crippen molar-refractivity contribution in [1.82, 2.24) is 0 Å². The van der Waals surface area contributed by atoms with Crippen molar-refractivity contribution in [1.29, 1.82) is 0 Å². The molecule has 22 heavy (non-hydrogen) atoms. The molecule has 0 fully saturated rings. The zero-order chi connectivity index (χ0) is 15.4. The molecule has 0 heterocycles. The Labute approximate surface area is 135 Å². The summed E-state index contributed by atoms with van der Waals surface area (Å²) in [5.41, 5.74) is 6.22. The molecule has 2 aromatic rings. The molecule has 0 bridgehead atoms. The molecule has 0 N–H and O–H groups in total. The Kier molecular flexibility index (Phi) is 4.97. The van der Waals surface area contributed by atoms with Crippen LogP contribution in [0, 0.1) is 5.92 Å². The molecule has 0 amide bonds. The van der Waals surface area contributed by atoms with Gasteiger partial charge in [0.2, 0.25) is 0 Å². The Balaban J connectivity index is 1.81. The van der Waals surface area contributed by atoms with Gasteiger partial charge in [0, 0.05) is 0 Å². The highest BCUT2D eigenvalue weighted by molar-refractivity contribution is 5.35. The van der Waals surface area contributed by atoms with E-state index in [1.165, 1.54) is 49.7 Å². The van der Waals surface area contributed by atoms with E-state index in [1.54, 1.807) is 11.1 Å². The van der Waals surface area contributed by atoms with Crippen molar-refractivity contribution in [3.05, 3.63) is 70.8 Å². The van der Waals surface area contributed by atoms with E-state index in [-0.39, 0.29) is 0 Å². The van der Waals surface area contributed by atoms with Crippen LogP contribution in [0.4, 0.5) is 0 Å². The highest BCUT2D eigenvalue weighted by atomic mass is 14.2. The van der Waals surface area contributed by atoms with E-state index in [4.69, 9.17) is 0 Å². The standard InChI is InChI=1S/C22H28/c1-17(2)14-22(19-8-4-3-5-9-19)16-18-12-13-20-10-6-7-11-21(20)15-18/h3-5,8-9,12-13,15,17,22H,6-7,10-11,14,16H2,1-2H3. The van der Waals surface area contributed by atoms with Crippen molar-refractivity contribution in [2.24, 2.45) is 5.92 Å². The summed E-state index contributed by atoms with van der Waals surface area (Å²) >= 11 is 0. The first-order valence-electron chi connectivity index (χ1n) is 8.88. The fraction of sp³-hybridized carbons (Fsp3) is 0.455. The summed E-state index contributed by atoms with van der Waals surface area (Å²) in [7, 11) is 0. The van der Waals surface area contributed by atoms with Crippen LogP contribution in [0.25, 0.3) is 0 Å². The SMILES string of the molecule is CC(C)CC(Cc1ccc2c(c1)CCCC2)c1ccccc1. The third kappa shape index (κ3) is 3.80. The van der Waals surface area contributed by atoms with Gasteiger partial charge < -0.3 is 0 Å². The maximum absolute atomic E-state index is 2.49. The van der Waals surface area contributed by atoms with E-state index in [0.29, 0.717) is 5.92 Å². The molecule has 0 aromatic heterocycles. The Hall–Kier alpha value is -1.56. The fourth-order valence-corrected chi connectivity index (χ4v) is 3.83. The van der Waals surface area contributed by atoms with Gasteiger partial charge in [-0.3, -0.25) is 0 Å². The zero-order valence-corrected chi connectivity index (χ0v) is 14.0. The van der Waals surface area contributed by atoms with E-state index in [2.05, 4.69) is 62.4 Å². The quantitative estimate of drug-likeness (QED) is 0.640. The highest BCUT2D eigenvalue weighted by Gasteiger charge is 2.16. The molecule has 3 rings (SSSR count). The predicted molar refractivity (Wildman–Crippen MR) is 95.4 cm³/mol. The van der Waals surface area contributed by atoms with Crippen molar-refractivity contribution in [2.75, 3.05) is 0 Å². The van der Waals surface area contributed by atoms with Crippen LogP contribution < -0.4 is 0 Å². The number of fused-ring (bicyclic) bond motifs is 1. The van der Waals surface area contributed by atoms with Gasteiger partial charge in [0.1, 0.15) is 0 Å². The minimum Gasteiger partial charge on any atom is -0.0628 e. The lowest BCUT2D eigenvalue weighted by Gasteiger charge is -2.22. The molecule has 0 saturated carbocycles. The number of hydrogen-bond acceptors (Lipinski definition) is 0. The molecular weight excluding hydrogens is 264 g/mol. The van der Waals surface area contributed by atoms with Gasteiger partial charge in [0.15, 0.2) is 0 Å². The molecular formula is C22H28. The predicted octanol–water partition coefficient (Wildman–Crippen LogP) is 5.94. The van der Waals surface area contributed by atoms with E-state index in [9.17, 15) is 0 Å². The van der Waals surface area contributed by atoms with Gasteiger partial charge in [0.25, 0.3) is 0 Å². The second-order valence-corrected chi connectivity index (χ2v) is 7.25. The summed E-state index contributed by atoms with van der Waals surface area (Å²) in [5, 5.41) is 0. The molecule has 1 unspecified atom stereocenters. The highest BCUT2D eigenvalue weighted by Crippen LogP contribution is 2.29. The van der Waals surface area contributed by atoms with Crippen molar-refractivity contribution in [3.8, 4) is 0 Å². The Morgan fingerprint density at radius 3 is 2.32 bits per heavy atom. The summed E-state index contributed by atoms with van der Waals surface area (Å²) in [4.78, 5) is 0. The minimum absolute atomic E-state index is 0.642. The Morgan fingerprint density at radius 2 is 1.59 bits per heavy atom. The van der Waals surface area contributed by atoms with Crippen molar-refractivity contribution in [3.63, 3.8) is 0 Å². The summed E-state index contributed by atoms with van der Waals surface area (Å²) in [5.74, 6) is 1.38. The first kappa shape index (κ1) is 15.3. The maximum atomic E-state index is 2.49. The molecule has 116 valence electrons. The van der Waals surface area contributed by atoms with Crippen LogP contribution in [0.1, 0.15) is 61.3 Å². The van der Waals surface area contributed by atoms with Crippen molar-refractivity contribution < 1.29 is 0 Å². The van der Waals surface area contributed by atoms with E-state index in [1.807, 2.05) is 0 Å². The molecule has 0 spiro atoms. The summed E-state index contributed by atoms with van der Waals surface area (Å²) in [6.45, 7) is 4.67. The van der Waals surface area contributed by atoms with Gasteiger partial charge in [-0.05, 0) is 72.6 Å². The normalized spacial score (nSPS) is 15.6. The van der Waals surface area contributed by atoms with Crippen LogP contribution in [0.5, 0.6) is 0 Å². The molecule has 2 aromatic carbocycles. The smallest absolute Gasteiger partial charge is 0.0119 e. The average Bonchev–Trinajstić information content (AvgIpc) is 2.54. The number of benzene rings is 2. The van der Waals surface area contributed by atoms with Gasteiger partial charge in [-0.25, -0.2) is 0 Å². The molecule has 0 saturated heterocycles. The van der Waals surface area contributed by atoms with E-state index < -0.39 is 0 Å². The largest absolute Gasteiger partial charge is 0.0628 e. The molecule has 1 aliphatic rings. The summed E-state index contributed by atoms with van der Waals surface area (Å²) < 4.78 is 0. The first-order valence-corrected chi connectivity index (χ1v) is 8.88. The lowest BCUT2D eigenvalue weighted by molar-refractivity contribution is 0.496. The maximum Gasteiger partial charge on any atom is -0.0119 e. The van der Waals surface area contributed by atoms with Crippen molar-refractivity contribution >= 4 is 0 Å². The number of aryl methyl sites for hydroxylation is 2. The zero-order valence-electron chi connectivity index (χ0n) is 14.0. The molecule has 0 heteroatoms. The third-order valence-electron chi connectivity index (χ3n) is 4.92. The monoisotopic (exact) mass is 292 g/mol. The van der Waals surface area contributed by atoms with Crippen LogP contribution in [-0.4, -0.2) is 0 Å². The lowest BCUT2D eigenvalue weighted by Crippen LogP contribution is -2.08. The van der Waals surface area contributed by atoms with Gasteiger partial charge in [0.05, 0.1) is 0 Å². The van der Waals surface area contributed by atoms with Crippen molar-refractivity contribution in [2.45, 2.75) is 58.3 Å².